The van der Waals surface area contributed by atoms with Crippen molar-refractivity contribution in [3.63, 3.8) is 0 Å². The van der Waals surface area contributed by atoms with Crippen molar-refractivity contribution in [2.45, 2.75) is 0 Å². The van der Waals surface area contributed by atoms with Gasteiger partial charge in [-0.05, 0) is 51.8 Å². The lowest BCUT2D eigenvalue weighted by atomic mass is 10.2. The van der Waals surface area contributed by atoms with E-state index >= 15 is 0 Å². The first-order valence-corrected chi connectivity index (χ1v) is 7.86. The van der Waals surface area contributed by atoms with Gasteiger partial charge >= 0.3 is 0 Å². The van der Waals surface area contributed by atoms with Crippen molar-refractivity contribution in [1.82, 2.24) is 5.43 Å². The van der Waals surface area contributed by atoms with Gasteiger partial charge in [0.25, 0.3) is 5.91 Å². The predicted octanol–water partition coefficient (Wildman–Crippen LogP) is 4.32. The van der Waals surface area contributed by atoms with Crippen LogP contribution >= 0.6 is 39.1 Å². The van der Waals surface area contributed by atoms with Crippen LogP contribution in [-0.2, 0) is 4.79 Å². The molecule has 0 fully saturated rings. The van der Waals surface area contributed by atoms with Crippen LogP contribution in [0.25, 0.3) is 0 Å². The number of hydrogen-bond donors (Lipinski definition) is 2. The first kappa shape index (κ1) is 16.8. The molecule has 7 heteroatoms. The Bertz CT molecular complexity index is 690. The lowest BCUT2D eigenvalue weighted by molar-refractivity contribution is -0.119. The fourth-order valence-corrected chi connectivity index (χ4v) is 2.52. The van der Waals surface area contributed by atoms with Gasteiger partial charge in [-0.1, -0.05) is 35.3 Å². The number of hydrazone groups is 1. The van der Waals surface area contributed by atoms with E-state index in [9.17, 15) is 4.79 Å². The van der Waals surface area contributed by atoms with Gasteiger partial charge in [-0.2, -0.15) is 5.10 Å². The maximum Gasteiger partial charge on any atom is 0.259 e. The van der Waals surface area contributed by atoms with Crippen LogP contribution in [-0.4, -0.2) is 18.7 Å². The molecule has 0 bridgehead atoms. The summed E-state index contributed by atoms with van der Waals surface area (Å²) >= 11 is 15.0. The number of carbonyl (C=O) groups excluding carboxylic acids is 1. The number of amides is 1. The van der Waals surface area contributed by atoms with Crippen LogP contribution in [0.4, 0.5) is 5.69 Å². The van der Waals surface area contributed by atoms with E-state index in [1.807, 2.05) is 0 Å². The maximum absolute atomic E-state index is 11.7. The van der Waals surface area contributed by atoms with Crippen LogP contribution in [0.5, 0.6) is 0 Å². The molecule has 0 unspecified atom stereocenters. The summed E-state index contributed by atoms with van der Waals surface area (Å²) in [6.07, 6.45) is 1.55. The molecule has 2 aromatic rings. The van der Waals surface area contributed by atoms with Crippen molar-refractivity contribution in [3.05, 3.63) is 62.5 Å². The molecule has 0 aliphatic heterocycles. The minimum Gasteiger partial charge on any atom is -0.375 e. The van der Waals surface area contributed by atoms with Crippen molar-refractivity contribution in [1.29, 1.82) is 0 Å². The highest BCUT2D eigenvalue weighted by molar-refractivity contribution is 9.10. The third-order valence-corrected chi connectivity index (χ3v) is 3.79. The van der Waals surface area contributed by atoms with E-state index in [2.05, 4.69) is 31.8 Å². The summed E-state index contributed by atoms with van der Waals surface area (Å²) in [5.74, 6) is -0.257. The second-order valence-corrected chi connectivity index (χ2v) is 6.05. The van der Waals surface area contributed by atoms with E-state index < -0.39 is 0 Å². The van der Waals surface area contributed by atoms with Gasteiger partial charge in [0.05, 0.1) is 12.8 Å². The molecule has 0 saturated carbocycles. The largest absolute Gasteiger partial charge is 0.375 e. The van der Waals surface area contributed by atoms with Gasteiger partial charge in [-0.15, -0.1) is 0 Å². The standard InChI is InChI=1S/C15H12BrCl2N3O/c16-13-7-12(18)5-6-14(13)19-9-15(22)21-20-8-10-1-3-11(17)4-2-10/h1-8,19H,9H2,(H,21,22)/b20-8-. The maximum atomic E-state index is 11.7. The molecule has 2 N–H and O–H groups in total. The minimum atomic E-state index is -0.257. The first-order chi connectivity index (χ1) is 10.5. The summed E-state index contributed by atoms with van der Waals surface area (Å²) < 4.78 is 0.789. The molecule has 0 radical (unpaired) electrons. The fourth-order valence-electron chi connectivity index (χ4n) is 1.58. The molecular weight excluding hydrogens is 389 g/mol. The second-order valence-electron chi connectivity index (χ2n) is 4.32. The monoisotopic (exact) mass is 399 g/mol. The Morgan fingerprint density at radius 3 is 2.50 bits per heavy atom. The number of hydrogen-bond acceptors (Lipinski definition) is 3. The number of benzene rings is 2. The highest BCUT2D eigenvalue weighted by Crippen LogP contribution is 2.25. The molecule has 0 heterocycles. The predicted molar refractivity (Wildman–Crippen MR) is 94.8 cm³/mol. The number of halogens is 3. The molecule has 0 saturated heterocycles. The SMILES string of the molecule is O=C(CNc1ccc(Cl)cc1Br)N/N=C\c1ccc(Cl)cc1. The Morgan fingerprint density at radius 2 is 1.82 bits per heavy atom. The molecule has 0 aliphatic carbocycles. The zero-order valence-electron chi connectivity index (χ0n) is 11.3. The third kappa shape index (κ3) is 5.33. The van der Waals surface area contributed by atoms with Crippen LogP contribution in [0.3, 0.4) is 0 Å². The molecule has 0 aromatic heterocycles. The van der Waals surface area contributed by atoms with E-state index in [0.717, 1.165) is 15.7 Å². The van der Waals surface area contributed by atoms with Crippen molar-refractivity contribution in [2.75, 3.05) is 11.9 Å². The molecule has 22 heavy (non-hydrogen) atoms. The highest BCUT2D eigenvalue weighted by Gasteiger charge is 2.03. The first-order valence-electron chi connectivity index (χ1n) is 6.31. The summed E-state index contributed by atoms with van der Waals surface area (Å²) in [4.78, 5) is 11.7. The minimum absolute atomic E-state index is 0.0954. The van der Waals surface area contributed by atoms with Crippen molar-refractivity contribution in [2.24, 2.45) is 5.10 Å². The molecule has 114 valence electrons. The summed E-state index contributed by atoms with van der Waals surface area (Å²) in [5, 5.41) is 8.14. The van der Waals surface area contributed by atoms with E-state index in [1.165, 1.54) is 0 Å². The van der Waals surface area contributed by atoms with Crippen LogP contribution < -0.4 is 10.7 Å². The molecule has 1 amide bonds. The van der Waals surface area contributed by atoms with Crippen molar-refractivity contribution >= 4 is 56.9 Å². The van der Waals surface area contributed by atoms with E-state index in [4.69, 9.17) is 23.2 Å². The highest BCUT2D eigenvalue weighted by atomic mass is 79.9. The van der Waals surface area contributed by atoms with Gasteiger partial charge in [0.15, 0.2) is 0 Å². The van der Waals surface area contributed by atoms with Crippen LogP contribution in [0, 0.1) is 0 Å². The van der Waals surface area contributed by atoms with Gasteiger partial charge in [0.1, 0.15) is 0 Å². The summed E-state index contributed by atoms with van der Waals surface area (Å²) in [7, 11) is 0. The quantitative estimate of drug-likeness (QED) is 0.580. The lowest BCUT2D eigenvalue weighted by Crippen LogP contribution is -2.25. The molecule has 2 aromatic carbocycles. The zero-order chi connectivity index (χ0) is 15.9. The number of nitrogens with one attached hydrogen (secondary N) is 2. The summed E-state index contributed by atoms with van der Waals surface area (Å²) in [5.41, 5.74) is 4.06. The fraction of sp³-hybridized carbons (Fsp3) is 0.0667. The summed E-state index contributed by atoms with van der Waals surface area (Å²) in [6, 6.07) is 12.4. The molecule has 0 atom stereocenters. The van der Waals surface area contributed by atoms with E-state index in [-0.39, 0.29) is 12.5 Å². The Morgan fingerprint density at radius 1 is 1.14 bits per heavy atom. The van der Waals surface area contributed by atoms with Gasteiger partial charge in [-0.25, -0.2) is 5.43 Å². The Kier molecular flexibility index (Phi) is 6.24. The Labute approximate surface area is 146 Å². The number of anilines is 1. The average Bonchev–Trinajstić information content (AvgIpc) is 2.48. The van der Waals surface area contributed by atoms with Gasteiger partial charge in [0.2, 0.25) is 0 Å². The number of carbonyl (C=O) groups is 1. The Balaban J connectivity index is 1.81. The normalized spacial score (nSPS) is 10.7. The van der Waals surface area contributed by atoms with E-state index in [0.29, 0.717) is 10.0 Å². The van der Waals surface area contributed by atoms with E-state index in [1.54, 1.807) is 48.7 Å². The Hall–Kier alpha value is -1.56. The topological polar surface area (TPSA) is 53.5 Å². The van der Waals surface area contributed by atoms with Gasteiger partial charge in [0, 0.05) is 20.2 Å². The molecule has 0 aliphatic rings. The van der Waals surface area contributed by atoms with Gasteiger partial charge < -0.3 is 5.32 Å². The second kappa shape index (κ2) is 8.17. The lowest BCUT2D eigenvalue weighted by Gasteiger charge is -2.07. The summed E-state index contributed by atoms with van der Waals surface area (Å²) in [6.45, 7) is 0.0954. The molecule has 2 rings (SSSR count). The molecular formula is C15H12BrCl2N3O. The van der Waals surface area contributed by atoms with Crippen molar-refractivity contribution in [3.8, 4) is 0 Å². The number of nitrogens with zero attached hydrogens (tertiary/aromatic N) is 1. The van der Waals surface area contributed by atoms with Gasteiger partial charge in [-0.3, -0.25) is 4.79 Å². The zero-order valence-corrected chi connectivity index (χ0v) is 14.4. The average molecular weight is 401 g/mol. The number of rotatable bonds is 5. The van der Waals surface area contributed by atoms with Crippen LogP contribution in [0.15, 0.2) is 52.0 Å². The molecule has 4 nitrogen and oxygen atoms in total. The smallest absolute Gasteiger partial charge is 0.259 e. The molecule has 0 spiro atoms. The van der Waals surface area contributed by atoms with Crippen LogP contribution in [0.2, 0.25) is 10.0 Å². The third-order valence-electron chi connectivity index (χ3n) is 2.64. The van der Waals surface area contributed by atoms with Crippen molar-refractivity contribution < 1.29 is 4.79 Å². The van der Waals surface area contributed by atoms with Crippen LogP contribution in [0.1, 0.15) is 5.56 Å².